The van der Waals surface area contributed by atoms with Crippen molar-refractivity contribution in [3.8, 4) is 0 Å². The smallest absolute Gasteiger partial charge is 0.330 e. The summed E-state index contributed by atoms with van der Waals surface area (Å²) >= 11 is 0. The Kier molecular flexibility index (Phi) is 8.93. The highest BCUT2D eigenvalue weighted by Crippen LogP contribution is 2.44. The minimum Gasteiger partial charge on any atom is -0.386 e. The van der Waals surface area contributed by atoms with Crippen LogP contribution in [0.3, 0.4) is 0 Å². The Hall–Kier alpha value is -3.67. The van der Waals surface area contributed by atoms with Crippen LogP contribution in [0.25, 0.3) is 0 Å². The zero-order valence-corrected chi connectivity index (χ0v) is 26.7. The molecule has 0 saturated carbocycles. The number of aromatic nitrogens is 2. The van der Waals surface area contributed by atoms with E-state index in [9.17, 15) is 19.1 Å². The fourth-order valence-corrected chi connectivity index (χ4v) is 8.20. The molecule has 3 aromatic carbocycles. The highest BCUT2D eigenvalue weighted by atomic mass is 28.3. The number of nitrogens with one attached hydrogen (secondary N) is 1. The quantitative estimate of drug-likeness (QED) is 0.214. The van der Waals surface area contributed by atoms with Crippen LogP contribution in [-0.4, -0.2) is 54.0 Å². The first kappa shape index (κ1) is 31.7. The normalized spacial score (nSPS) is 22.4. The second-order valence-corrected chi connectivity index (χ2v) is 15.5. The Morgan fingerprint density at radius 1 is 0.909 bits per heavy atom. The van der Waals surface area contributed by atoms with E-state index in [0.717, 1.165) is 27.5 Å². The van der Waals surface area contributed by atoms with E-state index in [-0.39, 0.29) is 6.61 Å². The van der Waals surface area contributed by atoms with E-state index in [2.05, 4.69) is 0 Å². The highest BCUT2D eigenvalue weighted by molar-refractivity contribution is 6.58. The van der Waals surface area contributed by atoms with Gasteiger partial charge < -0.3 is 19.3 Å². The maximum atomic E-state index is 14.6. The summed E-state index contributed by atoms with van der Waals surface area (Å²) in [5.41, 5.74) is -1.16. The van der Waals surface area contributed by atoms with E-state index >= 15 is 0 Å². The summed E-state index contributed by atoms with van der Waals surface area (Å²) in [7, 11) is -2.23. The Morgan fingerprint density at radius 3 is 1.82 bits per heavy atom. The third kappa shape index (κ3) is 5.76. The number of ether oxygens (including phenoxy) is 3. The Bertz CT molecular complexity index is 1580. The van der Waals surface area contributed by atoms with E-state index < -0.39 is 60.7 Å². The molecule has 2 N–H and O–H groups in total. The standard InChI is InChI=1S/C34H39FN2O6Si/c1-32(2,3)43-28-27(42-34(29(28)38,44(4)5)37-21-26(35)30(39)36-31(37)40)22-41-33(23-15-9-6-10-16-23,24-17-11-7-12-18-24)25-19-13-8-14-20-25/h6-21,27-29,38,44H,22H2,1-5H3,(H,36,39,40)/t27-,28-,29-,34+/m1/s1. The highest BCUT2D eigenvalue weighted by Gasteiger charge is 2.60. The molecule has 232 valence electrons. The van der Waals surface area contributed by atoms with Crippen LogP contribution in [0.5, 0.6) is 0 Å². The zero-order chi connectivity index (χ0) is 31.7. The van der Waals surface area contributed by atoms with Gasteiger partial charge in [-0.1, -0.05) is 104 Å². The van der Waals surface area contributed by atoms with Crippen molar-refractivity contribution in [3.05, 3.63) is 141 Å². The van der Waals surface area contributed by atoms with E-state index in [0.29, 0.717) is 0 Å². The summed E-state index contributed by atoms with van der Waals surface area (Å²) in [6.45, 7) is 9.30. The molecule has 1 aromatic heterocycles. The summed E-state index contributed by atoms with van der Waals surface area (Å²) in [5, 5.41) is 10.3. The number of nitrogens with zero attached hydrogens (tertiary/aromatic N) is 1. The predicted octanol–water partition coefficient (Wildman–Crippen LogP) is 4.31. The number of aliphatic hydroxyl groups excluding tert-OH is 1. The van der Waals surface area contributed by atoms with Gasteiger partial charge in [-0.3, -0.25) is 14.3 Å². The average molecular weight is 619 g/mol. The number of hydrogen-bond donors (Lipinski definition) is 2. The number of rotatable bonds is 9. The van der Waals surface area contributed by atoms with Gasteiger partial charge in [-0.2, -0.15) is 4.39 Å². The molecule has 2 heterocycles. The molecule has 44 heavy (non-hydrogen) atoms. The van der Waals surface area contributed by atoms with E-state index in [4.69, 9.17) is 14.2 Å². The van der Waals surface area contributed by atoms with Gasteiger partial charge in [0.15, 0.2) is 5.35 Å². The first-order valence-electron chi connectivity index (χ1n) is 14.8. The molecule has 0 bridgehead atoms. The van der Waals surface area contributed by atoms with Crippen LogP contribution >= 0.6 is 0 Å². The molecule has 0 amide bonds. The monoisotopic (exact) mass is 618 g/mol. The van der Waals surface area contributed by atoms with Crippen molar-refractivity contribution < 1.29 is 23.7 Å². The fourth-order valence-electron chi connectivity index (χ4n) is 6.13. The van der Waals surface area contributed by atoms with Gasteiger partial charge in [0, 0.05) is 0 Å². The Balaban J connectivity index is 1.65. The van der Waals surface area contributed by atoms with Gasteiger partial charge in [-0.15, -0.1) is 0 Å². The zero-order valence-electron chi connectivity index (χ0n) is 25.6. The molecule has 0 aliphatic carbocycles. The number of benzene rings is 3. The minimum absolute atomic E-state index is 0.0556. The molecular weight excluding hydrogens is 579 g/mol. The molecule has 1 saturated heterocycles. The van der Waals surface area contributed by atoms with Crippen LogP contribution in [0.2, 0.25) is 13.1 Å². The lowest BCUT2D eigenvalue weighted by atomic mass is 9.80. The average Bonchev–Trinajstić information content (AvgIpc) is 3.27. The van der Waals surface area contributed by atoms with Crippen molar-refractivity contribution in [3.63, 3.8) is 0 Å². The molecule has 10 heteroatoms. The van der Waals surface area contributed by atoms with E-state index in [1.165, 1.54) is 0 Å². The number of hydrogen-bond acceptors (Lipinski definition) is 6. The maximum absolute atomic E-state index is 14.6. The van der Waals surface area contributed by atoms with Crippen molar-refractivity contribution in [1.82, 2.24) is 9.55 Å². The largest absolute Gasteiger partial charge is 0.386 e. The summed E-state index contributed by atoms with van der Waals surface area (Å²) in [6.07, 6.45) is -2.38. The second kappa shape index (κ2) is 12.4. The fraction of sp³-hybridized carbons (Fsp3) is 0.353. The molecule has 1 aliphatic rings. The van der Waals surface area contributed by atoms with Crippen LogP contribution in [0.1, 0.15) is 37.5 Å². The van der Waals surface area contributed by atoms with Crippen LogP contribution in [0.4, 0.5) is 4.39 Å². The molecular formula is C34H39FN2O6Si. The topological polar surface area (TPSA) is 103 Å². The molecule has 4 atom stereocenters. The summed E-state index contributed by atoms with van der Waals surface area (Å²) in [5.74, 6) is -1.15. The number of aromatic amines is 1. The van der Waals surface area contributed by atoms with Gasteiger partial charge in [0.2, 0.25) is 5.82 Å². The number of aliphatic hydroxyl groups is 1. The van der Waals surface area contributed by atoms with Gasteiger partial charge in [-0.05, 0) is 37.5 Å². The van der Waals surface area contributed by atoms with E-state index in [1.807, 2.05) is 130 Å². The summed E-state index contributed by atoms with van der Waals surface area (Å²) < 4.78 is 35.7. The van der Waals surface area contributed by atoms with Crippen LogP contribution in [0.15, 0.2) is 107 Å². The summed E-state index contributed by atoms with van der Waals surface area (Å²) in [4.78, 5) is 27.0. The van der Waals surface area contributed by atoms with Crippen LogP contribution < -0.4 is 11.2 Å². The molecule has 5 rings (SSSR count). The predicted molar refractivity (Wildman–Crippen MR) is 169 cm³/mol. The van der Waals surface area contributed by atoms with E-state index in [1.54, 1.807) is 0 Å². The van der Waals surface area contributed by atoms with Gasteiger partial charge in [0.05, 0.1) is 27.2 Å². The van der Waals surface area contributed by atoms with Crippen molar-refractivity contribution in [2.45, 2.75) is 68.7 Å². The van der Waals surface area contributed by atoms with Crippen molar-refractivity contribution in [2.75, 3.05) is 6.61 Å². The Labute approximate surface area is 257 Å². The molecule has 0 unspecified atom stereocenters. The molecule has 4 aromatic rings. The van der Waals surface area contributed by atoms with Gasteiger partial charge >= 0.3 is 5.69 Å². The van der Waals surface area contributed by atoms with Gasteiger partial charge in [-0.25, -0.2) is 4.79 Å². The third-order valence-electron chi connectivity index (χ3n) is 8.04. The Morgan fingerprint density at radius 2 is 1.39 bits per heavy atom. The van der Waals surface area contributed by atoms with Gasteiger partial charge in [0.1, 0.15) is 23.9 Å². The molecule has 0 spiro atoms. The second-order valence-electron chi connectivity index (χ2n) is 12.4. The number of halogens is 1. The SMILES string of the molecule is C[SiH](C)[C@@]1(n2cc(F)c(=O)[nH]c2=O)O[C@H](COC(c2ccccc2)(c2ccccc2)c2ccccc2)[C@@H](OC(C)(C)C)[C@H]1O. The number of H-pyrrole nitrogens is 1. The van der Waals surface area contributed by atoms with Crippen molar-refractivity contribution in [2.24, 2.45) is 0 Å². The first-order chi connectivity index (χ1) is 20.9. The molecule has 1 fully saturated rings. The lowest BCUT2D eigenvalue weighted by Crippen LogP contribution is -2.59. The third-order valence-corrected chi connectivity index (χ3v) is 10.4. The molecule has 8 nitrogen and oxygen atoms in total. The molecule has 0 radical (unpaired) electrons. The van der Waals surface area contributed by atoms with Gasteiger partial charge in [0.25, 0.3) is 5.56 Å². The van der Waals surface area contributed by atoms with Crippen LogP contribution in [0, 0.1) is 5.82 Å². The van der Waals surface area contributed by atoms with Crippen LogP contribution in [-0.2, 0) is 25.2 Å². The van der Waals surface area contributed by atoms with Crippen molar-refractivity contribution in [1.29, 1.82) is 0 Å². The van der Waals surface area contributed by atoms with Crippen molar-refractivity contribution >= 4 is 8.80 Å². The lowest BCUT2D eigenvalue weighted by molar-refractivity contribution is -0.138. The molecule has 1 aliphatic heterocycles. The lowest BCUT2D eigenvalue weighted by Gasteiger charge is -2.38. The maximum Gasteiger partial charge on any atom is 0.330 e. The first-order valence-corrected chi connectivity index (χ1v) is 17.6. The summed E-state index contributed by atoms with van der Waals surface area (Å²) in [6, 6.07) is 29.5. The minimum atomic E-state index is -2.23.